The van der Waals surface area contributed by atoms with Crippen molar-refractivity contribution in [2.45, 2.75) is 52.1 Å². The largest absolute Gasteiger partial charge is 0.496 e. The maximum atomic E-state index is 13.5. The zero-order valence-corrected chi connectivity index (χ0v) is 23.6. The first-order chi connectivity index (χ1) is 18.6. The van der Waals surface area contributed by atoms with Gasteiger partial charge in [-0.25, -0.2) is 9.48 Å². The molecule has 1 atom stereocenters. The summed E-state index contributed by atoms with van der Waals surface area (Å²) in [5.41, 5.74) is -1.71. The van der Waals surface area contributed by atoms with Gasteiger partial charge in [0.15, 0.2) is 5.69 Å². The lowest BCUT2D eigenvalue weighted by molar-refractivity contribution is -0.141. The van der Waals surface area contributed by atoms with Crippen LogP contribution in [0.1, 0.15) is 49.4 Å². The second-order valence-corrected chi connectivity index (χ2v) is 10.7. The third kappa shape index (κ3) is 7.52. The van der Waals surface area contributed by atoms with Gasteiger partial charge in [-0.15, -0.1) is 0 Å². The number of alkyl halides is 3. The molecule has 0 aliphatic carbocycles. The summed E-state index contributed by atoms with van der Waals surface area (Å²) in [6, 6.07) is 9.56. The Morgan fingerprint density at radius 2 is 1.80 bits per heavy atom. The zero-order valence-electron chi connectivity index (χ0n) is 22.8. The molecular formula is C26H30F3N5O5S. The molecule has 0 saturated heterocycles. The summed E-state index contributed by atoms with van der Waals surface area (Å²) in [4.78, 5) is 39.2. The van der Waals surface area contributed by atoms with Crippen LogP contribution < -0.4 is 20.3 Å². The van der Waals surface area contributed by atoms with E-state index in [1.54, 1.807) is 45.0 Å². The second kappa shape index (κ2) is 12.0. The predicted molar refractivity (Wildman–Crippen MR) is 143 cm³/mol. The maximum Gasteiger partial charge on any atom is 0.435 e. The third-order valence-corrected chi connectivity index (χ3v) is 6.55. The van der Waals surface area contributed by atoms with Crippen molar-refractivity contribution in [3.63, 3.8) is 0 Å². The van der Waals surface area contributed by atoms with E-state index in [9.17, 15) is 27.6 Å². The Balaban J connectivity index is 1.82. The fourth-order valence-electron chi connectivity index (χ4n) is 3.52. The molecule has 3 aromatic rings. The number of halogens is 3. The number of methoxy groups -OCH3 is 1. The first-order valence-electron chi connectivity index (χ1n) is 12.1. The Labute approximate surface area is 233 Å². The summed E-state index contributed by atoms with van der Waals surface area (Å²) in [5.74, 6) is -0.771. The zero-order chi connectivity index (χ0) is 29.8. The highest BCUT2D eigenvalue weighted by Gasteiger charge is 2.36. The Morgan fingerprint density at radius 3 is 2.42 bits per heavy atom. The van der Waals surface area contributed by atoms with E-state index in [0.717, 1.165) is 16.0 Å². The van der Waals surface area contributed by atoms with Crippen LogP contribution in [0, 0.1) is 0 Å². The van der Waals surface area contributed by atoms with Crippen molar-refractivity contribution in [2.24, 2.45) is 0 Å². The third-order valence-electron chi connectivity index (χ3n) is 5.42. The first-order valence-corrected chi connectivity index (χ1v) is 12.9. The summed E-state index contributed by atoms with van der Waals surface area (Å²) in [5, 5.41) is 9.20. The van der Waals surface area contributed by atoms with Gasteiger partial charge in [0, 0.05) is 25.2 Å². The van der Waals surface area contributed by atoms with E-state index in [2.05, 4.69) is 15.7 Å². The van der Waals surface area contributed by atoms with E-state index >= 15 is 0 Å². The van der Waals surface area contributed by atoms with Crippen LogP contribution in [-0.2, 0) is 22.3 Å². The Kier molecular flexibility index (Phi) is 9.13. The van der Waals surface area contributed by atoms with Gasteiger partial charge in [-0.1, -0.05) is 29.5 Å². The van der Waals surface area contributed by atoms with Crippen molar-refractivity contribution in [3.05, 3.63) is 59.4 Å². The number of carbonyl (C=O) groups is 3. The first kappa shape index (κ1) is 30.5. The molecule has 2 N–H and O–H groups in total. The van der Waals surface area contributed by atoms with E-state index in [-0.39, 0.29) is 17.2 Å². The molecule has 2 heterocycles. The number of nitrogens with zero attached hydrogens (tertiary/aromatic N) is 3. The molecule has 1 aromatic carbocycles. The van der Waals surface area contributed by atoms with Crippen molar-refractivity contribution >= 4 is 34.2 Å². The van der Waals surface area contributed by atoms with Crippen LogP contribution in [0.3, 0.4) is 0 Å². The van der Waals surface area contributed by atoms with E-state index < -0.39 is 41.4 Å². The lowest BCUT2D eigenvalue weighted by atomic mass is 10.2. The molecule has 3 rings (SSSR count). The number of alkyl carbamates (subject to hydrolysis) is 1. The molecule has 0 unspecified atom stereocenters. The monoisotopic (exact) mass is 581 g/mol. The van der Waals surface area contributed by atoms with Crippen LogP contribution in [0.15, 0.2) is 42.5 Å². The van der Waals surface area contributed by atoms with Gasteiger partial charge in [-0.3, -0.25) is 9.59 Å². The van der Waals surface area contributed by atoms with Gasteiger partial charge in [0.25, 0.3) is 5.91 Å². The number of ether oxygens (including phenoxy) is 2. The van der Waals surface area contributed by atoms with Gasteiger partial charge in [0.1, 0.15) is 28.1 Å². The molecule has 2 aromatic heterocycles. The van der Waals surface area contributed by atoms with E-state index in [0.29, 0.717) is 22.4 Å². The number of hydrogen-bond acceptors (Lipinski definition) is 7. The molecule has 216 valence electrons. The number of hydrogen-bond donors (Lipinski definition) is 2. The summed E-state index contributed by atoms with van der Waals surface area (Å²) < 4.78 is 51.9. The fourth-order valence-corrected chi connectivity index (χ4v) is 4.46. The number of likely N-dealkylation sites (N-methyl/N-ethyl adjacent to an activating group) is 1. The van der Waals surface area contributed by atoms with Crippen molar-refractivity contribution in [1.82, 2.24) is 20.4 Å². The predicted octanol–water partition coefficient (Wildman–Crippen LogP) is 4.77. The number of aromatic nitrogens is 2. The number of nitrogens with one attached hydrogen (secondary N) is 2. The minimum atomic E-state index is -4.79. The highest BCUT2D eigenvalue weighted by Crippen LogP contribution is 2.33. The van der Waals surface area contributed by atoms with E-state index in [1.807, 2.05) is 0 Å². The van der Waals surface area contributed by atoms with Crippen LogP contribution in [0.4, 0.5) is 23.0 Å². The molecule has 0 aliphatic heterocycles. The lowest BCUT2D eigenvalue weighted by Crippen LogP contribution is -2.47. The molecule has 3 amide bonds. The van der Waals surface area contributed by atoms with Crippen molar-refractivity contribution in [2.75, 3.05) is 19.1 Å². The highest BCUT2D eigenvalue weighted by atomic mass is 32.1. The van der Waals surface area contributed by atoms with Gasteiger partial charge < -0.3 is 25.0 Å². The maximum absolute atomic E-state index is 13.5. The minimum Gasteiger partial charge on any atom is -0.496 e. The average molecular weight is 582 g/mol. The summed E-state index contributed by atoms with van der Waals surface area (Å²) in [6.45, 7) is 6.54. The van der Waals surface area contributed by atoms with Gasteiger partial charge in [0.05, 0.1) is 12.1 Å². The van der Waals surface area contributed by atoms with Gasteiger partial charge >= 0.3 is 12.3 Å². The number of benzene rings is 1. The fraction of sp³-hybridized carbons (Fsp3) is 0.385. The number of amides is 3. The van der Waals surface area contributed by atoms with Crippen molar-refractivity contribution in [1.29, 1.82) is 0 Å². The van der Waals surface area contributed by atoms with Gasteiger partial charge in [-0.2, -0.15) is 18.3 Å². The van der Waals surface area contributed by atoms with E-state index in [1.165, 1.54) is 38.1 Å². The SMILES string of the molecule is COc1ccccc1CNC(=O)c1cc(C(F)(F)F)nn1-c1ccc(N(C)C(=O)[C@H](C)NC(=O)OC(C)(C)C)s1. The minimum absolute atomic E-state index is 0.00481. The molecule has 14 heteroatoms. The highest BCUT2D eigenvalue weighted by molar-refractivity contribution is 7.18. The standard InChI is InChI=1S/C26H30F3N5O5S/c1-15(31-24(37)39-25(2,3)4)23(36)33(5)20-11-12-21(40-20)34-17(13-19(32-34)26(27,28)29)22(35)30-14-16-9-7-8-10-18(16)38-6/h7-13,15H,14H2,1-6H3,(H,30,35)(H,31,37)/t15-/m0/s1. The second-order valence-electron chi connectivity index (χ2n) is 9.70. The summed E-state index contributed by atoms with van der Waals surface area (Å²) in [6.07, 6.45) is -5.56. The number of carbonyl (C=O) groups excluding carboxylic acids is 3. The molecule has 0 bridgehead atoms. The van der Waals surface area contributed by atoms with E-state index in [4.69, 9.17) is 9.47 Å². The molecule has 0 radical (unpaired) electrons. The van der Waals surface area contributed by atoms with Crippen LogP contribution >= 0.6 is 11.3 Å². The topological polar surface area (TPSA) is 115 Å². The summed E-state index contributed by atoms with van der Waals surface area (Å²) in [7, 11) is 2.92. The molecule has 0 spiro atoms. The number of anilines is 1. The van der Waals surface area contributed by atoms with Gasteiger partial charge in [-0.05, 0) is 45.9 Å². The molecule has 10 nitrogen and oxygen atoms in total. The van der Waals surface area contributed by atoms with Crippen LogP contribution in [0.2, 0.25) is 0 Å². The normalized spacial score (nSPS) is 12.4. The number of para-hydroxylation sites is 1. The lowest BCUT2D eigenvalue weighted by Gasteiger charge is -2.24. The Bertz CT molecular complexity index is 1380. The number of thiophene rings is 1. The Hall–Kier alpha value is -4.07. The summed E-state index contributed by atoms with van der Waals surface area (Å²) >= 11 is 0.939. The molecule has 0 saturated carbocycles. The van der Waals surface area contributed by atoms with Crippen molar-refractivity contribution < 1.29 is 37.0 Å². The quantitative estimate of drug-likeness (QED) is 0.396. The van der Waals surface area contributed by atoms with Crippen LogP contribution in [-0.4, -0.2) is 53.5 Å². The smallest absolute Gasteiger partial charge is 0.435 e. The van der Waals surface area contributed by atoms with Crippen LogP contribution in [0.5, 0.6) is 5.75 Å². The number of rotatable bonds is 8. The Morgan fingerprint density at radius 1 is 1.12 bits per heavy atom. The van der Waals surface area contributed by atoms with Crippen LogP contribution in [0.25, 0.3) is 5.00 Å². The molecular weight excluding hydrogens is 551 g/mol. The van der Waals surface area contributed by atoms with Gasteiger partial charge in [0.2, 0.25) is 5.91 Å². The van der Waals surface area contributed by atoms with Crippen molar-refractivity contribution in [3.8, 4) is 10.8 Å². The average Bonchev–Trinajstić information content (AvgIpc) is 3.53. The molecule has 0 fully saturated rings. The molecule has 40 heavy (non-hydrogen) atoms. The molecule has 0 aliphatic rings.